The average Bonchev–Trinajstić information content (AvgIpc) is 1.94. The van der Waals surface area contributed by atoms with Crippen LogP contribution in [-0.4, -0.2) is 5.71 Å². The van der Waals surface area contributed by atoms with Crippen molar-refractivity contribution in [2.45, 2.75) is 32.1 Å². The van der Waals surface area contributed by atoms with Gasteiger partial charge in [-0.1, -0.05) is 12.5 Å². The first kappa shape index (κ1) is 7.52. The van der Waals surface area contributed by atoms with E-state index in [2.05, 4.69) is 6.58 Å². The van der Waals surface area contributed by atoms with Crippen molar-refractivity contribution in [1.82, 2.24) is 5.41 Å². The molecular formula is C9H14N. The van der Waals surface area contributed by atoms with Gasteiger partial charge in [0, 0.05) is 11.6 Å². The number of hydrogen-bond donors (Lipinski definition) is 0. The topological polar surface area (TPSA) is 22.3 Å². The minimum absolute atomic E-state index is 0.422. The van der Waals surface area contributed by atoms with Crippen molar-refractivity contribution in [3.63, 3.8) is 0 Å². The summed E-state index contributed by atoms with van der Waals surface area (Å²) in [6.07, 6.45) is 7.34. The molecule has 0 aromatic carbocycles. The van der Waals surface area contributed by atoms with Gasteiger partial charge in [-0.2, -0.15) is 5.41 Å². The molecule has 1 atom stereocenters. The fourth-order valence-electron chi connectivity index (χ4n) is 1.52. The molecule has 1 aliphatic rings. The number of hydrogen-bond acceptors (Lipinski definition) is 0. The first-order valence-corrected chi connectivity index (χ1v) is 4.00. The van der Waals surface area contributed by atoms with E-state index in [0.29, 0.717) is 11.6 Å². The van der Waals surface area contributed by atoms with E-state index in [9.17, 15) is 5.41 Å². The quantitative estimate of drug-likeness (QED) is 0.518. The Labute approximate surface area is 62.6 Å². The molecule has 1 radical (unpaired) electrons. The molecule has 1 heteroatoms. The molecule has 0 bridgehead atoms. The molecular weight excluding hydrogens is 122 g/mol. The number of nitrogens with zero attached hydrogens (tertiary/aromatic N) is 1. The monoisotopic (exact) mass is 136 g/mol. The molecule has 1 saturated carbocycles. The maximum absolute atomic E-state index is 9.37. The van der Waals surface area contributed by atoms with E-state index in [1.54, 1.807) is 0 Å². The van der Waals surface area contributed by atoms with Crippen LogP contribution in [0.5, 0.6) is 0 Å². The summed E-state index contributed by atoms with van der Waals surface area (Å²) < 4.78 is 0. The zero-order valence-electron chi connectivity index (χ0n) is 6.34. The van der Waals surface area contributed by atoms with Gasteiger partial charge in [-0.05, 0) is 25.7 Å². The predicted octanol–water partition coefficient (Wildman–Crippen LogP) is 1.99. The second kappa shape index (κ2) is 3.55. The van der Waals surface area contributed by atoms with Gasteiger partial charge in [0.25, 0.3) is 0 Å². The molecule has 0 amide bonds. The van der Waals surface area contributed by atoms with Crippen LogP contribution < -0.4 is 5.41 Å². The van der Waals surface area contributed by atoms with Crippen LogP contribution in [0.1, 0.15) is 32.1 Å². The standard InChI is InChI=1S/C9H14N/c1-2-5-8-6-3-4-7-9(8)10/h2,8H,1,3-7H2. The lowest BCUT2D eigenvalue weighted by molar-refractivity contribution is 0.531. The zero-order valence-corrected chi connectivity index (χ0v) is 6.34. The molecule has 0 saturated heterocycles. The fourth-order valence-corrected chi connectivity index (χ4v) is 1.52. The second-order valence-electron chi connectivity index (χ2n) is 2.96. The lowest BCUT2D eigenvalue weighted by Crippen LogP contribution is -2.19. The van der Waals surface area contributed by atoms with Crippen molar-refractivity contribution >= 4 is 5.71 Å². The van der Waals surface area contributed by atoms with Gasteiger partial charge in [-0.15, -0.1) is 6.58 Å². The van der Waals surface area contributed by atoms with Gasteiger partial charge in [-0.3, -0.25) is 0 Å². The summed E-state index contributed by atoms with van der Waals surface area (Å²) in [5.41, 5.74) is 0.700. The van der Waals surface area contributed by atoms with Crippen LogP contribution in [0.2, 0.25) is 0 Å². The van der Waals surface area contributed by atoms with E-state index in [0.717, 1.165) is 19.3 Å². The van der Waals surface area contributed by atoms with Crippen LogP contribution in [0.3, 0.4) is 0 Å². The maximum atomic E-state index is 9.37. The number of rotatable bonds is 2. The van der Waals surface area contributed by atoms with Crippen LogP contribution in [0.15, 0.2) is 12.7 Å². The first-order valence-electron chi connectivity index (χ1n) is 4.00. The molecule has 0 spiro atoms. The Morgan fingerprint density at radius 2 is 2.40 bits per heavy atom. The van der Waals surface area contributed by atoms with Crippen LogP contribution in [0.4, 0.5) is 0 Å². The summed E-state index contributed by atoms with van der Waals surface area (Å²) in [6, 6.07) is 0. The van der Waals surface area contributed by atoms with Crippen molar-refractivity contribution in [3.05, 3.63) is 12.7 Å². The predicted molar refractivity (Wildman–Crippen MR) is 43.9 cm³/mol. The van der Waals surface area contributed by atoms with Gasteiger partial charge < -0.3 is 0 Å². The summed E-state index contributed by atoms with van der Waals surface area (Å²) in [5.74, 6) is 0.422. The van der Waals surface area contributed by atoms with E-state index < -0.39 is 0 Å². The lowest BCUT2D eigenvalue weighted by atomic mass is 9.85. The molecule has 1 fully saturated rings. The highest BCUT2D eigenvalue weighted by Gasteiger charge is 2.17. The summed E-state index contributed by atoms with van der Waals surface area (Å²) in [6.45, 7) is 3.66. The Kier molecular flexibility index (Phi) is 2.67. The molecule has 0 heterocycles. The van der Waals surface area contributed by atoms with Crippen molar-refractivity contribution in [1.29, 1.82) is 0 Å². The molecule has 1 nitrogen and oxygen atoms in total. The van der Waals surface area contributed by atoms with Crippen molar-refractivity contribution in [2.24, 2.45) is 5.92 Å². The van der Waals surface area contributed by atoms with Crippen LogP contribution in [0, 0.1) is 5.92 Å². The van der Waals surface area contributed by atoms with Gasteiger partial charge >= 0.3 is 0 Å². The smallest absolute Gasteiger partial charge is 0.0439 e. The van der Waals surface area contributed by atoms with Gasteiger partial charge in [0.05, 0.1) is 0 Å². The van der Waals surface area contributed by atoms with Crippen LogP contribution in [-0.2, 0) is 0 Å². The lowest BCUT2D eigenvalue weighted by Gasteiger charge is -2.20. The Hall–Kier alpha value is -0.590. The minimum Gasteiger partial charge on any atom is -0.160 e. The molecule has 1 aliphatic carbocycles. The highest BCUT2D eigenvalue weighted by molar-refractivity contribution is 5.85. The summed E-state index contributed by atoms with van der Waals surface area (Å²) in [7, 11) is 0. The zero-order chi connectivity index (χ0) is 7.40. The molecule has 0 N–H and O–H groups in total. The van der Waals surface area contributed by atoms with Gasteiger partial charge in [0.15, 0.2) is 0 Å². The SMILES string of the molecule is C=CCC1CCCCC1=[N]. The molecule has 0 aliphatic heterocycles. The summed E-state index contributed by atoms with van der Waals surface area (Å²) in [4.78, 5) is 0. The van der Waals surface area contributed by atoms with E-state index in [-0.39, 0.29) is 0 Å². The van der Waals surface area contributed by atoms with Crippen molar-refractivity contribution in [3.8, 4) is 0 Å². The van der Waals surface area contributed by atoms with E-state index in [1.807, 2.05) is 6.08 Å². The molecule has 55 valence electrons. The maximum Gasteiger partial charge on any atom is 0.0439 e. The van der Waals surface area contributed by atoms with Gasteiger partial charge in [0.1, 0.15) is 0 Å². The third-order valence-electron chi connectivity index (χ3n) is 2.16. The van der Waals surface area contributed by atoms with E-state index in [4.69, 9.17) is 0 Å². The molecule has 0 aromatic heterocycles. The van der Waals surface area contributed by atoms with E-state index in [1.165, 1.54) is 12.8 Å². The fraction of sp³-hybridized carbons (Fsp3) is 0.667. The van der Waals surface area contributed by atoms with Crippen LogP contribution in [0.25, 0.3) is 0 Å². The Bertz CT molecular complexity index is 138. The highest BCUT2D eigenvalue weighted by atomic mass is 14.5. The van der Waals surface area contributed by atoms with E-state index >= 15 is 0 Å². The summed E-state index contributed by atoms with van der Waals surface area (Å²) >= 11 is 0. The van der Waals surface area contributed by atoms with Crippen molar-refractivity contribution < 1.29 is 0 Å². The van der Waals surface area contributed by atoms with Gasteiger partial charge in [0.2, 0.25) is 0 Å². The molecule has 1 unspecified atom stereocenters. The van der Waals surface area contributed by atoms with Crippen molar-refractivity contribution in [2.75, 3.05) is 0 Å². The average molecular weight is 136 g/mol. The summed E-state index contributed by atoms with van der Waals surface area (Å²) in [5, 5.41) is 9.37. The third-order valence-corrected chi connectivity index (χ3v) is 2.16. The normalized spacial score (nSPS) is 26.4. The Morgan fingerprint density at radius 3 is 3.00 bits per heavy atom. The Balaban J connectivity index is 2.39. The molecule has 0 aromatic rings. The number of allylic oxidation sites excluding steroid dienone is 1. The first-order chi connectivity index (χ1) is 4.84. The molecule has 1 rings (SSSR count). The highest BCUT2D eigenvalue weighted by Crippen LogP contribution is 2.22. The largest absolute Gasteiger partial charge is 0.160 e. The third kappa shape index (κ3) is 1.69. The van der Waals surface area contributed by atoms with Gasteiger partial charge in [-0.25, -0.2) is 0 Å². The van der Waals surface area contributed by atoms with Crippen LogP contribution >= 0.6 is 0 Å². The second-order valence-corrected chi connectivity index (χ2v) is 2.96. The minimum atomic E-state index is 0.422. The Morgan fingerprint density at radius 1 is 1.60 bits per heavy atom. The molecule has 10 heavy (non-hydrogen) atoms.